The number of hydrogen-bond donors (Lipinski definition) is 3. The Bertz CT molecular complexity index is 1110. The van der Waals surface area contributed by atoms with E-state index in [-0.39, 0.29) is 28.3 Å². The summed E-state index contributed by atoms with van der Waals surface area (Å²) >= 11 is 0. The molecule has 0 saturated heterocycles. The first-order valence-electron chi connectivity index (χ1n) is 7.35. The zero-order valence-corrected chi connectivity index (χ0v) is 13.3. The summed E-state index contributed by atoms with van der Waals surface area (Å²) in [6.45, 7) is 0. The second-order valence-electron chi connectivity index (χ2n) is 5.45. The molecule has 136 valence electrons. The molecule has 2 heterocycles. The van der Waals surface area contributed by atoms with Crippen molar-refractivity contribution >= 4 is 28.7 Å². The van der Waals surface area contributed by atoms with E-state index in [4.69, 9.17) is 10.4 Å². The van der Waals surface area contributed by atoms with E-state index in [0.717, 1.165) is 18.2 Å². The average molecular weight is 374 g/mol. The second kappa shape index (κ2) is 6.45. The predicted molar refractivity (Wildman–Crippen MR) is 87.5 cm³/mol. The lowest BCUT2D eigenvalue weighted by Gasteiger charge is -2.12. The molecule has 7 nitrogen and oxygen atoms in total. The lowest BCUT2D eigenvalue weighted by atomic mass is 10.0. The topological polar surface area (TPSA) is 119 Å². The summed E-state index contributed by atoms with van der Waals surface area (Å²) in [6, 6.07) is 8.99. The van der Waals surface area contributed by atoms with Gasteiger partial charge in [0.2, 0.25) is 0 Å². The Hall–Kier alpha value is -3.87. The van der Waals surface area contributed by atoms with Gasteiger partial charge in [-0.05, 0) is 36.4 Å². The number of halogens is 3. The number of benzene rings is 1. The third-order valence-corrected chi connectivity index (χ3v) is 3.66. The van der Waals surface area contributed by atoms with Crippen molar-refractivity contribution in [3.8, 4) is 17.3 Å². The van der Waals surface area contributed by atoms with E-state index >= 15 is 0 Å². The fourth-order valence-electron chi connectivity index (χ4n) is 2.47. The molecule has 2 aromatic heterocycles. The number of carboxylic acids is 1. The minimum Gasteiger partial charge on any atom is -0.474 e. The third-order valence-electron chi connectivity index (χ3n) is 3.66. The highest BCUT2D eigenvalue weighted by Crippen LogP contribution is 2.38. The highest BCUT2D eigenvalue weighted by atomic mass is 19.4. The van der Waals surface area contributed by atoms with Crippen LogP contribution in [0.2, 0.25) is 0 Å². The van der Waals surface area contributed by atoms with Gasteiger partial charge in [0.05, 0.1) is 17.2 Å². The Morgan fingerprint density at radius 1 is 1.19 bits per heavy atom. The summed E-state index contributed by atoms with van der Waals surface area (Å²) in [5.41, 5.74) is -0.880. The smallest absolute Gasteiger partial charge is 0.417 e. The minimum atomic E-state index is -4.63. The van der Waals surface area contributed by atoms with E-state index in [2.05, 4.69) is 9.97 Å². The average Bonchev–Trinajstić information content (AvgIpc) is 3.03. The lowest BCUT2D eigenvalue weighted by Crippen LogP contribution is -2.22. The van der Waals surface area contributed by atoms with E-state index in [1.54, 1.807) is 6.07 Å². The van der Waals surface area contributed by atoms with Crippen LogP contribution in [0, 0.1) is 11.3 Å². The molecule has 3 N–H and O–H groups in total. The fraction of sp³-hybridized carbons (Fsp3) is 0.0588. The fourth-order valence-corrected chi connectivity index (χ4v) is 2.47. The minimum absolute atomic E-state index is 0.0547. The van der Waals surface area contributed by atoms with Gasteiger partial charge < -0.3 is 15.4 Å². The quantitative estimate of drug-likeness (QED) is 0.596. The van der Waals surface area contributed by atoms with Crippen LogP contribution in [0.4, 0.5) is 19.0 Å². The Kier molecular flexibility index (Phi) is 4.29. The van der Waals surface area contributed by atoms with Crippen LogP contribution in [0.1, 0.15) is 11.1 Å². The van der Waals surface area contributed by atoms with Gasteiger partial charge in [0, 0.05) is 16.6 Å². The lowest BCUT2D eigenvalue weighted by molar-refractivity contribution is -0.147. The summed E-state index contributed by atoms with van der Waals surface area (Å²) in [5.74, 6) is -3.08. The molecular formula is C17H9F3N4O3. The summed E-state index contributed by atoms with van der Waals surface area (Å²) in [7, 11) is 0. The van der Waals surface area contributed by atoms with Crippen LogP contribution >= 0.6 is 0 Å². The first-order chi connectivity index (χ1) is 12.7. The first-order valence-corrected chi connectivity index (χ1v) is 7.35. The Morgan fingerprint density at radius 3 is 2.56 bits per heavy atom. The number of carboxylic acid groups (broad SMARTS) is 1. The highest BCUT2D eigenvalue weighted by Gasteiger charge is 2.34. The number of carbonyl (C=O) groups is 2. The molecule has 0 aliphatic rings. The van der Waals surface area contributed by atoms with Crippen LogP contribution in [-0.4, -0.2) is 27.0 Å². The molecule has 0 bridgehead atoms. The summed E-state index contributed by atoms with van der Waals surface area (Å²) in [6.07, 6.45) is -4.63. The maximum absolute atomic E-state index is 13.3. The van der Waals surface area contributed by atoms with Crippen LogP contribution in [0.15, 0.2) is 36.4 Å². The number of pyridine rings is 1. The Labute approximate surface area is 149 Å². The van der Waals surface area contributed by atoms with E-state index < -0.39 is 23.6 Å². The standard InChI is InChI=1S/C17H9F3N4O3/c18-17(19,20)11-3-1-8(7-21)5-10(11)12-6-9-2-4-13(23-14(9)22-12)24-15(25)16(26)27/h1-6H,(H,26,27)(H2,22,23,24,25). The number of nitrogens with one attached hydrogen (secondary N) is 2. The maximum Gasteiger partial charge on any atom is 0.417 e. The Morgan fingerprint density at radius 2 is 1.93 bits per heavy atom. The van der Waals surface area contributed by atoms with Crippen molar-refractivity contribution in [2.45, 2.75) is 6.18 Å². The van der Waals surface area contributed by atoms with Gasteiger partial charge in [-0.25, -0.2) is 9.78 Å². The predicted octanol–water partition coefficient (Wildman–Crippen LogP) is 3.14. The van der Waals surface area contributed by atoms with Crippen molar-refractivity contribution in [3.05, 3.63) is 47.5 Å². The molecule has 0 aliphatic heterocycles. The normalized spacial score (nSPS) is 11.2. The van der Waals surface area contributed by atoms with Gasteiger partial charge in [0.25, 0.3) is 0 Å². The van der Waals surface area contributed by atoms with Gasteiger partial charge in [-0.1, -0.05) is 0 Å². The number of nitrogens with zero attached hydrogens (tertiary/aromatic N) is 2. The summed E-state index contributed by atoms with van der Waals surface area (Å²) in [4.78, 5) is 28.4. The third kappa shape index (κ3) is 3.57. The molecule has 1 aromatic carbocycles. The maximum atomic E-state index is 13.3. The SMILES string of the molecule is N#Cc1ccc(C(F)(F)F)c(-c2cc3ccc(NC(=O)C(=O)O)nc3[nH]2)c1. The van der Waals surface area contributed by atoms with Crippen molar-refractivity contribution in [1.82, 2.24) is 9.97 Å². The molecule has 27 heavy (non-hydrogen) atoms. The zero-order valence-electron chi connectivity index (χ0n) is 13.3. The molecule has 0 atom stereocenters. The van der Waals surface area contributed by atoms with Crippen molar-refractivity contribution in [2.24, 2.45) is 0 Å². The van der Waals surface area contributed by atoms with Crippen molar-refractivity contribution in [3.63, 3.8) is 0 Å². The molecule has 10 heteroatoms. The number of amides is 1. The number of carbonyl (C=O) groups excluding carboxylic acids is 1. The van der Waals surface area contributed by atoms with E-state index in [9.17, 15) is 22.8 Å². The van der Waals surface area contributed by atoms with Crippen molar-refractivity contribution in [2.75, 3.05) is 5.32 Å². The molecule has 3 rings (SSSR count). The molecule has 0 unspecified atom stereocenters. The number of rotatable bonds is 2. The molecule has 0 fully saturated rings. The van der Waals surface area contributed by atoms with Crippen LogP contribution in [0.5, 0.6) is 0 Å². The van der Waals surface area contributed by atoms with E-state index in [1.807, 2.05) is 5.32 Å². The molecule has 3 aromatic rings. The van der Waals surface area contributed by atoms with Gasteiger partial charge in [0.1, 0.15) is 11.5 Å². The number of nitriles is 1. The number of fused-ring (bicyclic) bond motifs is 1. The number of anilines is 1. The summed E-state index contributed by atoms with van der Waals surface area (Å²) in [5, 5.41) is 20.0. The number of aliphatic carboxylic acids is 1. The first kappa shape index (κ1) is 17.9. The van der Waals surface area contributed by atoms with Crippen LogP contribution < -0.4 is 5.32 Å². The molecule has 0 aliphatic carbocycles. The van der Waals surface area contributed by atoms with Gasteiger partial charge in [0.15, 0.2) is 0 Å². The number of H-pyrrole nitrogens is 1. The number of aromatic amines is 1. The largest absolute Gasteiger partial charge is 0.474 e. The monoisotopic (exact) mass is 374 g/mol. The van der Waals surface area contributed by atoms with Gasteiger partial charge >= 0.3 is 18.1 Å². The summed E-state index contributed by atoms with van der Waals surface area (Å²) < 4.78 is 39.9. The van der Waals surface area contributed by atoms with Crippen molar-refractivity contribution < 1.29 is 27.9 Å². The zero-order chi connectivity index (χ0) is 19.8. The molecule has 0 spiro atoms. The van der Waals surface area contributed by atoms with E-state index in [1.165, 1.54) is 18.2 Å². The van der Waals surface area contributed by atoms with Gasteiger partial charge in [-0.2, -0.15) is 18.4 Å². The van der Waals surface area contributed by atoms with Crippen molar-refractivity contribution in [1.29, 1.82) is 5.26 Å². The van der Waals surface area contributed by atoms with Crippen LogP contribution in [0.3, 0.4) is 0 Å². The van der Waals surface area contributed by atoms with E-state index in [0.29, 0.717) is 5.39 Å². The van der Waals surface area contributed by atoms with Crippen LogP contribution in [0.25, 0.3) is 22.3 Å². The second-order valence-corrected chi connectivity index (χ2v) is 5.45. The molecular weight excluding hydrogens is 365 g/mol. The number of aromatic nitrogens is 2. The van der Waals surface area contributed by atoms with Gasteiger partial charge in [-0.3, -0.25) is 4.79 Å². The molecule has 0 radical (unpaired) electrons. The highest BCUT2D eigenvalue weighted by molar-refractivity contribution is 6.36. The number of alkyl halides is 3. The number of hydrogen-bond acceptors (Lipinski definition) is 4. The van der Waals surface area contributed by atoms with Gasteiger partial charge in [-0.15, -0.1) is 0 Å². The molecule has 1 amide bonds. The molecule has 0 saturated carbocycles. The van der Waals surface area contributed by atoms with Crippen LogP contribution in [-0.2, 0) is 15.8 Å². The Balaban J connectivity index is 2.09.